The molecule has 4 rings (SSSR count). The number of nitrogens with zero attached hydrogens (tertiary/aromatic N) is 2. The topological polar surface area (TPSA) is 17.8 Å². The van der Waals surface area contributed by atoms with Crippen molar-refractivity contribution in [3.63, 3.8) is 0 Å². The van der Waals surface area contributed by atoms with Crippen LogP contribution in [0.3, 0.4) is 0 Å². The summed E-state index contributed by atoms with van der Waals surface area (Å²) in [7, 11) is 0. The van der Waals surface area contributed by atoms with Crippen LogP contribution in [0.5, 0.6) is 0 Å². The molecule has 0 saturated carbocycles. The van der Waals surface area contributed by atoms with E-state index in [1.54, 1.807) is 35.4 Å². The van der Waals surface area contributed by atoms with Crippen LogP contribution in [0.1, 0.15) is 26.8 Å². The van der Waals surface area contributed by atoms with E-state index in [4.69, 9.17) is 35.4 Å². The molecule has 0 amide bonds. The molecule has 0 bridgehead atoms. The van der Waals surface area contributed by atoms with Crippen molar-refractivity contribution in [3.8, 4) is 0 Å². The SMILES string of the molecule is S=C(SC(Cn1ccnc1)c1ccc(Cl)cc1Cl)c1sccc1Cc1ccccc1. The van der Waals surface area contributed by atoms with Crippen molar-refractivity contribution in [2.45, 2.75) is 18.2 Å². The van der Waals surface area contributed by atoms with Crippen molar-refractivity contribution in [3.05, 3.63) is 110 Å². The lowest BCUT2D eigenvalue weighted by molar-refractivity contribution is 0.685. The molecule has 0 N–H and O–H groups in total. The second kappa shape index (κ2) is 10.1. The quantitative estimate of drug-likeness (QED) is 0.248. The van der Waals surface area contributed by atoms with E-state index in [9.17, 15) is 0 Å². The normalized spacial score (nSPS) is 12.1. The summed E-state index contributed by atoms with van der Waals surface area (Å²) in [4.78, 5) is 5.32. The summed E-state index contributed by atoms with van der Waals surface area (Å²) in [6.45, 7) is 0.714. The molecule has 0 aliphatic rings. The molecule has 7 heteroatoms. The van der Waals surface area contributed by atoms with Gasteiger partial charge in [0.05, 0.1) is 20.7 Å². The Morgan fingerprint density at radius 2 is 1.97 bits per heavy atom. The summed E-state index contributed by atoms with van der Waals surface area (Å²) in [6, 6.07) is 18.3. The minimum absolute atomic E-state index is 0.0446. The zero-order valence-electron chi connectivity index (χ0n) is 15.9. The molecule has 0 saturated heterocycles. The fraction of sp³-hybridized carbons (Fsp3) is 0.130. The van der Waals surface area contributed by atoms with Gasteiger partial charge in [-0.2, -0.15) is 0 Å². The zero-order valence-corrected chi connectivity index (χ0v) is 19.8. The van der Waals surface area contributed by atoms with Gasteiger partial charge < -0.3 is 4.57 Å². The number of thioether (sulfide) groups is 1. The molecule has 0 aliphatic carbocycles. The number of thiocarbonyl (C=S) groups is 1. The molecule has 152 valence electrons. The van der Waals surface area contributed by atoms with E-state index < -0.39 is 0 Å². The predicted octanol–water partition coefficient (Wildman–Crippen LogP) is 7.69. The molecule has 30 heavy (non-hydrogen) atoms. The van der Waals surface area contributed by atoms with Gasteiger partial charge in [0.1, 0.15) is 0 Å². The van der Waals surface area contributed by atoms with E-state index in [1.165, 1.54) is 11.1 Å². The highest BCUT2D eigenvalue weighted by Crippen LogP contribution is 2.40. The number of hydrogen-bond acceptors (Lipinski definition) is 4. The molecule has 2 heterocycles. The summed E-state index contributed by atoms with van der Waals surface area (Å²) in [6.07, 6.45) is 6.41. The third-order valence-electron chi connectivity index (χ3n) is 4.66. The van der Waals surface area contributed by atoms with Crippen LogP contribution >= 0.6 is 58.5 Å². The number of hydrogen-bond donors (Lipinski definition) is 0. The number of imidazole rings is 1. The summed E-state index contributed by atoms with van der Waals surface area (Å²) in [5.74, 6) is 0. The van der Waals surface area contributed by atoms with Crippen molar-refractivity contribution in [2.75, 3.05) is 0 Å². The van der Waals surface area contributed by atoms with Gasteiger partial charge in [-0.15, -0.1) is 23.1 Å². The number of halogens is 2. The number of benzene rings is 2. The molecule has 2 nitrogen and oxygen atoms in total. The summed E-state index contributed by atoms with van der Waals surface area (Å²) in [5.41, 5.74) is 3.55. The fourth-order valence-corrected chi connectivity index (χ4v) is 6.55. The first-order valence-corrected chi connectivity index (χ1v) is 12.2. The average Bonchev–Trinajstić information content (AvgIpc) is 3.40. The molecule has 0 spiro atoms. The maximum absolute atomic E-state index is 6.55. The second-order valence-electron chi connectivity index (χ2n) is 6.76. The molecule has 0 fully saturated rings. The third kappa shape index (κ3) is 5.34. The average molecular weight is 490 g/mol. The van der Waals surface area contributed by atoms with Crippen molar-refractivity contribution < 1.29 is 0 Å². The Hall–Kier alpha value is -1.63. The Morgan fingerprint density at radius 3 is 2.70 bits per heavy atom. The highest BCUT2D eigenvalue weighted by atomic mass is 35.5. The van der Waals surface area contributed by atoms with Crippen molar-refractivity contribution in [1.29, 1.82) is 0 Å². The Balaban J connectivity index is 1.59. The number of rotatable bonds is 7. The highest BCUT2D eigenvalue weighted by molar-refractivity contribution is 8.24. The number of thiophene rings is 1. The first kappa shape index (κ1) is 21.6. The maximum Gasteiger partial charge on any atom is 0.0946 e. The van der Waals surface area contributed by atoms with E-state index in [1.807, 2.05) is 35.3 Å². The van der Waals surface area contributed by atoms with Crippen LogP contribution in [-0.2, 0) is 13.0 Å². The van der Waals surface area contributed by atoms with Crippen LogP contribution in [-0.4, -0.2) is 13.7 Å². The predicted molar refractivity (Wildman–Crippen MR) is 134 cm³/mol. The van der Waals surface area contributed by atoms with E-state index in [0.29, 0.717) is 16.6 Å². The number of aromatic nitrogens is 2. The molecule has 0 aliphatic heterocycles. The Kier molecular flexibility index (Phi) is 7.28. The van der Waals surface area contributed by atoms with Gasteiger partial charge in [-0.3, -0.25) is 0 Å². The van der Waals surface area contributed by atoms with Crippen LogP contribution in [0.25, 0.3) is 0 Å². The third-order valence-corrected chi connectivity index (χ3v) is 8.06. The van der Waals surface area contributed by atoms with Crippen LogP contribution < -0.4 is 0 Å². The van der Waals surface area contributed by atoms with E-state index in [-0.39, 0.29) is 5.25 Å². The molecular weight excluding hydrogens is 471 g/mol. The first-order chi connectivity index (χ1) is 14.6. The van der Waals surface area contributed by atoms with Gasteiger partial charge in [0, 0.05) is 29.0 Å². The van der Waals surface area contributed by atoms with Crippen LogP contribution in [0.2, 0.25) is 10.0 Å². The lowest BCUT2D eigenvalue weighted by Crippen LogP contribution is -2.08. The zero-order chi connectivity index (χ0) is 20.9. The van der Waals surface area contributed by atoms with Crippen LogP contribution in [0, 0.1) is 0 Å². The smallest absolute Gasteiger partial charge is 0.0946 e. The molecule has 4 aromatic rings. The van der Waals surface area contributed by atoms with Gasteiger partial charge in [0.15, 0.2) is 0 Å². The fourth-order valence-electron chi connectivity index (χ4n) is 3.20. The van der Waals surface area contributed by atoms with Gasteiger partial charge in [0.25, 0.3) is 0 Å². The maximum atomic E-state index is 6.55. The van der Waals surface area contributed by atoms with Crippen molar-refractivity contribution in [1.82, 2.24) is 9.55 Å². The van der Waals surface area contributed by atoms with Gasteiger partial charge in [0.2, 0.25) is 0 Å². The minimum Gasteiger partial charge on any atom is -0.336 e. The Labute approximate surface area is 199 Å². The highest BCUT2D eigenvalue weighted by Gasteiger charge is 2.21. The van der Waals surface area contributed by atoms with Crippen molar-refractivity contribution >= 4 is 62.7 Å². The van der Waals surface area contributed by atoms with Crippen LogP contribution in [0.15, 0.2) is 78.7 Å². The van der Waals surface area contributed by atoms with Gasteiger partial charge >= 0.3 is 0 Å². The Morgan fingerprint density at radius 1 is 1.13 bits per heavy atom. The largest absolute Gasteiger partial charge is 0.336 e. The molecular formula is C23H18Cl2N2S3. The summed E-state index contributed by atoms with van der Waals surface area (Å²) < 4.78 is 2.93. The molecule has 2 aromatic carbocycles. The van der Waals surface area contributed by atoms with E-state index in [0.717, 1.165) is 21.1 Å². The molecule has 1 unspecified atom stereocenters. The molecule has 1 atom stereocenters. The molecule has 2 aromatic heterocycles. The second-order valence-corrected chi connectivity index (χ2v) is 10.4. The lowest BCUT2D eigenvalue weighted by Gasteiger charge is -2.19. The summed E-state index contributed by atoms with van der Waals surface area (Å²) >= 11 is 21.9. The standard InChI is InChI=1S/C23H18Cl2N2S3/c24-18-6-7-19(20(25)13-18)21(14-27-10-9-26-15-27)30-23(28)22-17(8-11-29-22)12-16-4-2-1-3-5-16/h1-11,13,15,21H,12,14H2. The van der Waals surface area contributed by atoms with Crippen LogP contribution in [0.4, 0.5) is 0 Å². The Bertz CT molecular complexity index is 1120. The minimum atomic E-state index is 0.0446. The van der Waals surface area contributed by atoms with Crippen molar-refractivity contribution in [2.24, 2.45) is 0 Å². The summed E-state index contributed by atoms with van der Waals surface area (Å²) in [5, 5.41) is 3.43. The lowest BCUT2D eigenvalue weighted by atomic mass is 10.1. The first-order valence-electron chi connectivity index (χ1n) is 9.32. The van der Waals surface area contributed by atoms with Gasteiger partial charge in [-0.25, -0.2) is 4.98 Å². The monoisotopic (exact) mass is 488 g/mol. The molecule has 0 radical (unpaired) electrons. The van der Waals surface area contributed by atoms with E-state index in [2.05, 4.69) is 40.7 Å². The van der Waals surface area contributed by atoms with Gasteiger partial charge in [-0.05, 0) is 46.7 Å². The van der Waals surface area contributed by atoms with E-state index >= 15 is 0 Å². The van der Waals surface area contributed by atoms with Gasteiger partial charge in [-0.1, -0.05) is 71.8 Å².